The lowest BCUT2D eigenvalue weighted by Gasteiger charge is -2.29. The van der Waals surface area contributed by atoms with E-state index in [2.05, 4.69) is 15.2 Å². The van der Waals surface area contributed by atoms with Crippen molar-refractivity contribution in [1.82, 2.24) is 19.8 Å². The number of nitrogens with one attached hydrogen (secondary N) is 2. The van der Waals surface area contributed by atoms with Crippen LogP contribution in [0, 0.1) is 5.82 Å². The summed E-state index contributed by atoms with van der Waals surface area (Å²) in [6, 6.07) is 12.7. The van der Waals surface area contributed by atoms with E-state index < -0.39 is 15.8 Å². The standard InChI is InChI=1S/C20H17FN6O3S/c1-25-11-19(22-12-25)31(29,30)23-16-10-18-20(28)26(14-8-6-13(21)7-9-14)24-27(18)17-5-3-2-4-15(16)17/h2-12,23-24,28H,1H3. The van der Waals surface area contributed by atoms with Crippen molar-refractivity contribution in [2.45, 2.75) is 5.03 Å². The summed E-state index contributed by atoms with van der Waals surface area (Å²) < 4.78 is 43.1. The molecule has 2 aliphatic heterocycles. The number of aliphatic hydroxyl groups excluding tert-OH is 1. The van der Waals surface area contributed by atoms with Crippen molar-refractivity contribution in [3.63, 3.8) is 0 Å². The summed E-state index contributed by atoms with van der Waals surface area (Å²) in [5, 5.41) is 13.7. The first-order chi connectivity index (χ1) is 14.8. The molecule has 3 heterocycles. The summed E-state index contributed by atoms with van der Waals surface area (Å²) in [4.78, 5) is 3.91. The quantitative estimate of drug-likeness (QED) is 0.572. The summed E-state index contributed by atoms with van der Waals surface area (Å²) in [7, 11) is -2.27. The highest BCUT2D eigenvalue weighted by atomic mass is 32.2. The number of sulfonamides is 1. The molecule has 0 saturated carbocycles. The molecule has 158 valence electrons. The highest BCUT2D eigenvalue weighted by molar-refractivity contribution is 7.89. The lowest BCUT2D eigenvalue weighted by molar-refractivity contribution is 0.388. The molecule has 11 heteroatoms. The van der Waals surface area contributed by atoms with E-state index >= 15 is 0 Å². The molecule has 0 amide bonds. The second-order valence-electron chi connectivity index (χ2n) is 7.01. The first-order valence-electron chi connectivity index (χ1n) is 9.21. The SMILES string of the molecule is Cn1cnc(S(=O)(=O)NC2=CC3=C(O)N(c4ccc(F)cc4)NN3c3ccccc32)c1. The second kappa shape index (κ2) is 6.86. The number of nitrogens with zero attached hydrogens (tertiary/aromatic N) is 4. The number of anilines is 2. The summed E-state index contributed by atoms with van der Waals surface area (Å²) in [6.07, 6.45) is 4.32. The Morgan fingerprint density at radius 1 is 1.10 bits per heavy atom. The highest BCUT2D eigenvalue weighted by Crippen LogP contribution is 2.39. The summed E-state index contributed by atoms with van der Waals surface area (Å²) in [5.74, 6) is -0.570. The topological polar surface area (TPSA) is 103 Å². The molecule has 0 radical (unpaired) electrons. The minimum Gasteiger partial charge on any atom is -0.492 e. The van der Waals surface area contributed by atoms with E-state index in [9.17, 15) is 17.9 Å². The van der Waals surface area contributed by atoms with Crippen LogP contribution < -0.4 is 20.3 Å². The van der Waals surface area contributed by atoms with Crippen LogP contribution in [0.3, 0.4) is 0 Å². The maximum Gasteiger partial charge on any atom is 0.280 e. The van der Waals surface area contributed by atoms with Gasteiger partial charge in [0.1, 0.15) is 11.5 Å². The van der Waals surface area contributed by atoms with Crippen LogP contribution in [0.4, 0.5) is 15.8 Å². The largest absolute Gasteiger partial charge is 0.492 e. The normalized spacial score (nSPS) is 15.6. The molecule has 2 aliphatic rings. The van der Waals surface area contributed by atoms with Crippen molar-refractivity contribution in [3.05, 3.63) is 90.1 Å². The van der Waals surface area contributed by atoms with E-state index in [0.29, 0.717) is 22.6 Å². The fraction of sp³-hybridized carbons (Fsp3) is 0.0500. The highest BCUT2D eigenvalue weighted by Gasteiger charge is 2.35. The number of hydrazine groups is 2. The van der Waals surface area contributed by atoms with Crippen LogP contribution in [0.15, 0.2) is 83.7 Å². The molecule has 0 spiro atoms. The number of aliphatic hydroxyl groups is 1. The van der Waals surface area contributed by atoms with Crippen molar-refractivity contribution in [2.75, 3.05) is 10.0 Å². The average Bonchev–Trinajstić information content (AvgIpc) is 3.33. The molecular weight excluding hydrogens is 423 g/mol. The predicted molar refractivity (Wildman–Crippen MR) is 112 cm³/mol. The number of aryl methyl sites for hydroxylation is 1. The minimum absolute atomic E-state index is 0.119. The van der Waals surface area contributed by atoms with Crippen LogP contribution >= 0.6 is 0 Å². The lowest BCUT2D eigenvalue weighted by Crippen LogP contribution is -2.43. The Morgan fingerprint density at radius 3 is 2.55 bits per heavy atom. The number of fused-ring (bicyclic) bond motifs is 3. The van der Waals surface area contributed by atoms with Gasteiger partial charge >= 0.3 is 0 Å². The summed E-state index contributed by atoms with van der Waals surface area (Å²) in [6.45, 7) is 0. The molecule has 0 atom stereocenters. The Kier molecular flexibility index (Phi) is 4.24. The molecule has 2 aromatic carbocycles. The number of rotatable bonds is 4. The Morgan fingerprint density at radius 2 is 1.84 bits per heavy atom. The van der Waals surface area contributed by atoms with E-state index in [1.807, 2.05) is 0 Å². The van der Waals surface area contributed by atoms with Crippen molar-refractivity contribution in [3.8, 4) is 0 Å². The number of allylic oxidation sites excluding steroid dienone is 1. The number of imidazole rings is 1. The van der Waals surface area contributed by atoms with Gasteiger partial charge in [0, 0.05) is 18.8 Å². The van der Waals surface area contributed by atoms with E-state index in [-0.39, 0.29) is 16.6 Å². The van der Waals surface area contributed by atoms with Gasteiger partial charge in [0.15, 0.2) is 5.03 Å². The van der Waals surface area contributed by atoms with E-state index in [0.717, 1.165) is 0 Å². The van der Waals surface area contributed by atoms with Crippen molar-refractivity contribution in [2.24, 2.45) is 7.05 Å². The number of halogens is 1. The van der Waals surface area contributed by atoms with E-state index in [1.54, 1.807) is 36.3 Å². The van der Waals surface area contributed by atoms with Gasteiger partial charge in [0.25, 0.3) is 10.0 Å². The Bertz CT molecular complexity index is 1350. The average molecular weight is 440 g/mol. The number of hydrogen-bond donors (Lipinski definition) is 3. The van der Waals surface area contributed by atoms with Crippen LogP contribution in [-0.4, -0.2) is 23.1 Å². The van der Waals surface area contributed by atoms with Crippen LogP contribution in [0.25, 0.3) is 5.70 Å². The lowest BCUT2D eigenvalue weighted by atomic mass is 10.0. The van der Waals surface area contributed by atoms with Gasteiger partial charge in [0.05, 0.1) is 23.4 Å². The monoisotopic (exact) mass is 440 g/mol. The molecule has 0 unspecified atom stereocenters. The zero-order valence-electron chi connectivity index (χ0n) is 16.2. The summed E-state index contributed by atoms with van der Waals surface area (Å²) in [5.41, 5.74) is 5.36. The zero-order chi connectivity index (χ0) is 21.8. The van der Waals surface area contributed by atoms with Gasteiger partial charge in [-0.15, -0.1) is 5.53 Å². The first-order valence-corrected chi connectivity index (χ1v) is 10.7. The Labute approximate surface area is 177 Å². The third kappa shape index (κ3) is 3.20. The van der Waals surface area contributed by atoms with Gasteiger partial charge in [-0.2, -0.15) is 8.42 Å². The molecular formula is C20H17FN6O3S. The maximum absolute atomic E-state index is 13.3. The van der Waals surface area contributed by atoms with Crippen LogP contribution in [-0.2, 0) is 17.1 Å². The number of hydrogen-bond acceptors (Lipinski definition) is 7. The van der Waals surface area contributed by atoms with Crippen LogP contribution in [0.5, 0.6) is 0 Å². The first kappa shape index (κ1) is 19.2. The van der Waals surface area contributed by atoms with Gasteiger partial charge in [-0.25, -0.2) is 14.4 Å². The van der Waals surface area contributed by atoms with Crippen molar-refractivity contribution in [1.29, 1.82) is 0 Å². The Hall–Kier alpha value is -3.83. The van der Waals surface area contributed by atoms with Crippen LogP contribution in [0.2, 0.25) is 0 Å². The number of benzene rings is 2. The minimum atomic E-state index is -3.95. The second-order valence-corrected chi connectivity index (χ2v) is 8.64. The van der Waals surface area contributed by atoms with E-state index in [4.69, 9.17) is 0 Å². The summed E-state index contributed by atoms with van der Waals surface area (Å²) >= 11 is 0. The molecule has 0 saturated heterocycles. The number of aromatic nitrogens is 2. The molecule has 3 N–H and O–H groups in total. The van der Waals surface area contributed by atoms with Gasteiger partial charge in [0.2, 0.25) is 5.88 Å². The van der Waals surface area contributed by atoms with Gasteiger partial charge in [-0.3, -0.25) is 9.73 Å². The molecule has 9 nitrogen and oxygen atoms in total. The number of para-hydroxylation sites is 1. The van der Waals surface area contributed by atoms with E-state index in [1.165, 1.54) is 52.4 Å². The predicted octanol–water partition coefficient (Wildman–Crippen LogP) is 2.37. The Balaban J connectivity index is 1.58. The third-order valence-electron chi connectivity index (χ3n) is 4.88. The maximum atomic E-state index is 13.3. The molecule has 0 fully saturated rings. The molecule has 3 aromatic rings. The fourth-order valence-corrected chi connectivity index (χ4v) is 4.47. The van der Waals surface area contributed by atoms with Gasteiger partial charge in [-0.05, 0) is 36.4 Å². The molecule has 5 rings (SSSR count). The zero-order valence-corrected chi connectivity index (χ0v) is 17.0. The van der Waals surface area contributed by atoms with Crippen LogP contribution in [0.1, 0.15) is 5.56 Å². The molecule has 1 aromatic heterocycles. The van der Waals surface area contributed by atoms with Crippen molar-refractivity contribution >= 4 is 27.1 Å². The third-order valence-corrected chi connectivity index (χ3v) is 6.13. The fourth-order valence-electron chi connectivity index (χ4n) is 3.42. The smallest absolute Gasteiger partial charge is 0.280 e. The molecule has 0 aliphatic carbocycles. The molecule has 31 heavy (non-hydrogen) atoms. The molecule has 0 bridgehead atoms. The van der Waals surface area contributed by atoms with Gasteiger partial charge in [-0.1, -0.05) is 18.2 Å². The van der Waals surface area contributed by atoms with Crippen molar-refractivity contribution < 1.29 is 17.9 Å². The van der Waals surface area contributed by atoms with Gasteiger partial charge < -0.3 is 9.67 Å².